The second kappa shape index (κ2) is 7.02. The number of rotatable bonds is 5. The van der Waals surface area contributed by atoms with Crippen molar-refractivity contribution in [1.82, 2.24) is 20.6 Å². The van der Waals surface area contributed by atoms with Gasteiger partial charge in [-0.2, -0.15) is 10.2 Å². The Morgan fingerprint density at radius 1 is 1.35 bits per heavy atom. The summed E-state index contributed by atoms with van der Waals surface area (Å²) in [4.78, 5) is 35.7. The Hall–Kier alpha value is -3.43. The maximum absolute atomic E-state index is 11.6. The molecule has 5 N–H and O–H groups in total. The molecule has 23 heavy (non-hydrogen) atoms. The van der Waals surface area contributed by atoms with Crippen LogP contribution in [-0.4, -0.2) is 37.5 Å². The van der Waals surface area contributed by atoms with Crippen LogP contribution >= 0.6 is 0 Å². The van der Waals surface area contributed by atoms with E-state index in [0.717, 1.165) is 6.07 Å². The molecule has 1 aromatic carbocycles. The number of amides is 1. The topological polar surface area (TPSA) is 161 Å². The Bertz CT molecular complexity index is 854. The quantitative estimate of drug-likeness (QED) is 0.349. The predicted molar refractivity (Wildman–Crippen MR) is 79.3 cm³/mol. The number of benzene rings is 1. The third kappa shape index (κ3) is 4.52. The van der Waals surface area contributed by atoms with Crippen LogP contribution in [0.2, 0.25) is 0 Å². The van der Waals surface area contributed by atoms with Gasteiger partial charge in [0.25, 0.3) is 5.56 Å². The average molecular weight is 319 g/mol. The predicted octanol–water partition coefficient (Wildman–Crippen LogP) is -1.05. The molecular weight excluding hydrogens is 306 g/mol. The first-order chi connectivity index (χ1) is 11.0. The zero-order valence-corrected chi connectivity index (χ0v) is 11.7. The van der Waals surface area contributed by atoms with E-state index in [1.54, 1.807) is 0 Å². The normalized spacial score (nSPS) is 10.8. The van der Waals surface area contributed by atoms with E-state index in [1.807, 2.05) is 4.98 Å². The molecule has 1 aromatic heterocycles. The molecule has 0 aliphatic rings. The molecule has 0 aliphatic heterocycles. The van der Waals surface area contributed by atoms with Crippen LogP contribution in [0, 0.1) is 0 Å². The fourth-order valence-electron chi connectivity index (χ4n) is 1.64. The van der Waals surface area contributed by atoms with Crippen LogP contribution in [0.15, 0.2) is 32.9 Å². The van der Waals surface area contributed by atoms with Gasteiger partial charge in [0.05, 0.1) is 6.21 Å². The standard InChI is InChI=1S/C13H13N5O5/c19-8-2-1-7(10(20)5-8)6-14-17-11(21)4-3-9-12(22)15-13(23)18-16-9/h1-2,5-6,19-20H,3-4H2,(H,17,21)(H2,15,18,22,23). The second-order valence-electron chi connectivity index (χ2n) is 4.49. The van der Waals surface area contributed by atoms with Crippen molar-refractivity contribution in [1.29, 1.82) is 0 Å². The molecule has 0 bridgehead atoms. The van der Waals surface area contributed by atoms with E-state index >= 15 is 0 Å². The molecule has 0 saturated carbocycles. The van der Waals surface area contributed by atoms with E-state index in [4.69, 9.17) is 5.11 Å². The Balaban J connectivity index is 1.88. The Kier molecular flexibility index (Phi) is 4.87. The number of aromatic nitrogens is 3. The summed E-state index contributed by atoms with van der Waals surface area (Å²) in [5.41, 5.74) is 1.18. The molecule has 120 valence electrons. The SMILES string of the molecule is O=C(CCc1n[nH]c(=O)[nH]c1=O)NN=Cc1ccc(O)cc1O. The molecular formula is C13H13N5O5. The fraction of sp³-hybridized carbons (Fsp3) is 0.154. The minimum atomic E-state index is -0.721. The van der Waals surface area contributed by atoms with Crippen molar-refractivity contribution in [2.24, 2.45) is 5.10 Å². The molecule has 0 aliphatic carbocycles. The van der Waals surface area contributed by atoms with Gasteiger partial charge in [0.2, 0.25) is 5.91 Å². The van der Waals surface area contributed by atoms with Crippen molar-refractivity contribution >= 4 is 12.1 Å². The summed E-state index contributed by atoms with van der Waals surface area (Å²) < 4.78 is 0. The van der Waals surface area contributed by atoms with Gasteiger partial charge in [0.15, 0.2) is 0 Å². The van der Waals surface area contributed by atoms with E-state index in [1.165, 1.54) is 18.3 Å². The Labute approximate surface area is 128 Å². The highest BCUT2D eigenvalue weighted by Gasteiger charge is 2.06. The first-order valence-electron chi connectivity index (χ1n) is 6.47. The zero-order valence-electron chi connectivity index (χ0n) is 11.7. The van der Waals surface area contributed by atoms with E-state index in [2.05, 4.69) is 20.7 Å². The van der Waals surface area contributed by atoms with Gasteiger partial charge in [-0.25, -0.2) is 15.3 Å². The lowest BCUT2D eigenvalue weighted by molar-refractivity contribution is -0.121. The van der Waals surface area contributed by atoms with Crippen LogP contribution in [0.4, 0.5) is 0 Å². The molecule has 0 atom stereocenters. The first-order valence-corrected chi connectivity index (χ1v) is 6.47. The minimum absolute atomic E-state index is 0.0257. The molecule has 0 spiro atoms. The highest BCUT2D eigenvalue weighted by molar-refractivity contribution is 5.85. The number of carbonyl (C=O) groups is 1. The number of H-pyrrole nitrogens is 2. The number of aromatic hydroxyl groups is 2. The molecule has 0 radical (unpaired) electrons. The van der Waals surface area contributed by atoms with Gasteiger partial charge in [-0.05, 0) is 12.1 Å². The second-order valence-corrected chi connectivity index (χ2v) is 4.49. The van der Waals surface area contributed by atoms with Crippen molar-refractivity contribution in [3.05, 3.63) is 50.3 Å². The van der Waals surface area contributed by atoms with Crippen LogP contribution in [0.1, 0.15) is 17.7 Å². The van der Waals surface area contributed by atoms with Gasteiger partial charge >= 0.3 is 5.69 Å². The van der Waals surface area contributed by atoms with E-state index < -0.39 is 17.2 Å². The maximum atomic E-state index is 11.6. The number of hydrogen-bond acceptors (Lipinski definition) is 7. The lowest BCUT2D eigenvalue weighted by atomic mass is 10.2. The van der Waals surface area contributed by atoms with Gasteiger partial charge in [-0.1, -0.05) is 0 Å². The number of phenolic OH excluding ortho intramolecular Hbond substituents is 2. The van der Waals surface area contributed by atoms with Crippen LogP contribution < -0.4 is 16.7 Å². The average Bonchev–Trinajstić information content (AvgIpc) is 2.48. The lowest BCUT2D eigenvalue weighted by Gasteiger charge is -2.01. The summed E-state index contributed by atoms with van der Waals surface area (Å²) in [7, 11) is 0. The van der Waals surface area contributed by atoms with Crippen LogP contribution in [0.5, 0.6) is 11.5 Å². The van der Waals surface area contributed by atoms with E-state index in [-0.39, 0.29) is 30.0 Å². The molecule has 2 rings (SSSR count). The number of hydrazone groups is 1. The van der Waals surface area contributed by atoms with Gasteiger partial charge in [0.1, 0.15) is 17.2 Å². The van der Waals surface area contributed by atoms with Crippen molar-refractivity contribution in [2.45, 2.75) is 12.8 Å². The molecule has 10 nitrogen and oxygen atoms in total. The summed E-state index contributed by atoms with van der Waals surface area (Å²) in [6.45, 7) is 0. The summed E-state index contributed by atoms with van der Waals surface area (Å²) in [5.74, 6) is -0.763. The summed E-state index contributed by atoms with van der Waals surface area (Å²) in [6.07, 6.45) is 1.16. The van der Waals surface area contributed by atoms with Crippen LogP contribution in [0.25, 0.3) is 0 Å². The molecule has 1 amide bonds. The summed E-state index contributed by atoms with van der Waals surface area (Å²) in [6, 6.07) is 3.92. The third-order valence-electron chi connectivity index (χ3n) is 2.78. The number of hydrogen-bond donors (Lipinski definition) is 5. The summed E-state index contributed by atoms with van der Waals surface area (Å²) in [5, 5.41) is 27.9. The fourth-order valence-corrected chi connectivity index (χ4v) is 1.64. The van der Waals surface area contributed by atoms with E-state index in [9.17, 15) is 19.5 Å². The lowest BCUT2D eigenvalue weighted by Crippen LogP contribution is -2.28. The Morgan fingerprint density at radius 3 is 2.83 bits per heavy atom. The molecule has 0 saturated heterocycles. The largest absolute Gasteiger partial charge is 0.508 e. The van der Waals surface area contributed by atoms with Gasteiger partial charge in [-0.15, -0.1) is 0 Å². The van der Waals surface area contributed by atoms with Crippen LogP contribution in [-0.2, 0) is 11.2 Å². The molecule has 0 unspecified atom stereocenters. The molecule has 1 heterocycles. The van der Waals surface area contributed by atoms with Crippen molar-refractivity contribution < 1.29 is 15.0 Å². The minimum Gasteiger partial charge on any atom is -0.508 e. The monoisotopic (exact) mass is 319 g/mol. The number of aromatic amines is 2. The van der Waals surface area contributed by atoms with Gasteiger partial charge in [-0.3, -0.25) is 14.6 Å². The van der Waals surface area contributed by atoms with Crippen molar-refractivity contribution in [3.63, 3.8) is 0 Å². The number of nitrogens with one attached hydrogen (secondary N) is 3. The van der Waals surface area contributed by atoms with E-state index in [0.29, 0.717) is 5.56 Å². The summed E-state index contributed by atoms with van der Waals surface area (Å²) >= 11 is 0. The highest BCUT2D eigenvalue weighted by Crippen LogP contribution is 2.20. The third-order valence-corrected chi connectivity index (χ3v) is 2.78. The smallest absolute Gasteiger partial charge is 0.342 e. The van der Waals surface area contributed by atoms with Crippen molar-refractivity contribution in [2.75, 3.05) is 0 Å². The first kappa shape index (κ1) is 15.9. The maximum Gasteiger partial charge on any atom is 0.342 e. The molecule has 0 fully saturated rings. The van der Waals surface area contributed by atoms with Crippen LogP contribution in [0.3, 0.4) is 0 Å². The van der Waals surface area contributed by atoms with Gasteiger partial charge in [0, 0.05) is 24.5 Å². The highest BCUT2D eigenvalue weighted by atomic mass is 16.3. The number of nitrogens with zero attached hydrogens (tertiary/aromatic N) is 2. The molecule has 2 aromatic rings. The molecule has 10 heteroatoms. The number of aryl methyl sites for hydroxylation is 1. The number of carbonyl (C=O) groups excluding carboxylic acids is 1. The number of phenols is 2. The Morgan fingerprint density at radius 2 is 2.13 bits per heavy atom. The zero-order chi connectivity index (χ0) is 16.8. The van der Waals surface area contributed by atoms with Crippen molar-refractivity contribution in [3.8, 4) is 11.5 Å². The van der Waals surface area contributed by atoms with Gasteiger partial charge < -0.3 is 10.2 Å².